The smallest absolute Gasteiger partial charge is 0.0889 e. The van der Waals surface area contributed by atoms with Crippen LogP contribution >= 0.6 is 0 Å². The standard InChI is InChI=1S/C17H20N4/c1-12-6-5-7-13(10-12)11-15(19-18)17-14-8-3-4-9-16(14)21(2)20-17/h3-10,15,19H,11,18H2,1-2H3. The Bertz CT molecular complexity index is 760. The van der Waals surface area contributed by atoms with E-state index in [4.69, 9.17) is 5.84 Å². The normalized spacial score (nSPS) is 12.7. The minimum Gasteiger partial charge on any atom is -0.271 e. The van der Waals surface area contributed by atoms with Gasteiger partial charge in [-0.15, -0.1) is 0 Å². The fraction of sp³-hybridized carbons (Fsp3) is 0.235. The lowest BCUT2D eigenvalue weighted by Crippen LogP contribution is -2.30. The van der Waals surface area contributed by atoms with E-state index in [0.29, 0.717) is 0 Å². The van der Waals surface area contributed by atoms with Crippen molar-refractivity contribution in [3.8, 4) is 0 Å². The Morgan fingerprint density at radius 2 is 2.00 bits per heavy atom. The van der Waals surface area contributed by atoms with Gasteiger partial charge in [-0.05, 0) is 25.0 Å². The largest absolute Gasteiger partial charge is 0.271 e. The van der Waals surface area contributed by atoms with Crippen LogP contribution in [-0.2, 0) is 13.5 Å². The summed E-state index contributed by atoms with van der Waals surface area (Å²) in [5, 5.41) is 5.80. The number of nitrogens with zero attached hydrogens (tertiary/aromatic N) is 2. The van der Waals surface area contributed by atoms with Crippen LogP contribution in [0.15, 0.2) is 48.5 Å². The Labute approximate surface area is 124 Å². The highest BCUT2D eigenvalue weighted by Gasteiger charge is 2.18. The summed E-state index contributed by atoms with van der Waals surface area (Å²) in [5.74, 6) is 5.79. The molecule has 0 fully saturated rings. The van der Waals surface area contributed by atoms with Crippen LogP contribution in [0.5, 0.6) is 0 Å². The van der Waals surface area contributed by atoms with Gasteiger partial charge in [0.25, 0.3) is 0 Å². The van der Waals surface area contributed by atoms with Crippen molar-refractivity contribution < 1.29 is 0 Å². The third-order valence-electron chi connectivity index (χ3n) is 3.84. The molecular weight excluding hydrogens is 260 g/mol. The molecule has 0 aliphatic carbocycles. The van der Waals surface area contributed by atoms with E-state index in [0.717, 1.165) is 23.0 Å². The number of hydrazine groups is 1. The molecule has 0 bridgehead atoms. The van der Waals surface area contributed by atoms with E-state index in [1.165, 1.54) is 11.1 Å². The van der Waals surface area contributed by atoms with Gasteiger partial charge in [0.15, 0.2) is 0 Å². The summed E-state index contributed by atoms with van der Waals surface area (Å²) in [6.45, 7) is 2.10. The number of nitrogens with one attached hydrogen (secondary N) is 1. The molecular formula is C17H20N4. The van der Waals surface area contributed by atoms with Gasteiger partial charge in [0, 0.05) is 12.4 Å². The fourth-order valence-corrected chi connectivity index (χ4v) is 2.81. The van der Waals surface area contributed by atoms with Crippen LogP contribution in [0.4, 0.5) is 0 Å². The van der Waals surface area contributed by atoms with E-state index in [-0.39, 0.29) is 6.04 Å². The average Bonchev–Trinajstić information content (AvgIpc) is 2.83. The second-order valence-electron chi connectivity index (χ2n) is 5.44. The van der Waals surface area contributed by atoms with Crippen LogP contribution < -0.4 is 11.3 Å². The van der Waals surface area contributed by atoms with E-state index in [9.17, 15) is 0 Å². The van der Waals surface area contributed by atoms with E-state index < -0.39 is 0 Å². The molecule has 4 nitrogen and oxygen atoms in total. The zero-order chi connectivity index (χ0) is 14.8. The SMILES string of the molecule is Cc1cccc(CC(NN)c2nn(C)c3ccccc23)c1. The van der Waals surface area contributed by atoms with Crippen molar-refractivity contribution >= 4 is 10.9 Å². The maximum absolute atomic E-state index is 5.79. The molecule has 4 heteroatoms. The molecule has 1 aromatic heterocycles. The molecule has 1 heterocycles. The summed E-state index contributed by atoms with van der Waals surface area (Å²) in [4.78, 5) is 0. The summed E-state index contributed by atoms with van der Waals surface area (Å²) in [6.07, 6.45) is 0.819. The number of fused-ring (bicyclic) bond motifs is 1. The van der Waals surface area contributed by atoms with Crippen LogP contribution in [0.2, 0.25) is 0 Å². The number of aryl methyl sites for hydroxylation is 2. The number of para-hydroxylation sites is 1. The highest BCUT2D eigenvalue weighted by Crippen LogP contribution is 2.25. The molecule has 0 amide bonds. The first kappa shape index (κ1) is 13.8. The highest BCUT2D eigenvalue weighted by molar-refractivity contribution is 5.82. The number of hydrogen-bond donors (Lipinski definition) is 2. The molecule has 1 atom stereocenters. The maximum Gasteiger partial charge on any atom is 0.0889 e. The summed E-state index contributed by atoms with van der Waals surface area (Å²) in [5.41, 5.74) is 7.55. The van der Waals surface area contributed by atoms with Gasteiger partial charge in [0.1, 0.15) is 0 Å². The van der Waals surface area contributed by atoms with Gasteiger partial charge < -0.3 is 0 Å². The number of rotatable bonds is 4. The molecule has 2 aromatic carbocycles. The Hall–Kier alpha value is -2.17. The topological polar surface area (TPSA) is 55.9 Å². The highest BCUT2D eigenvalue weighted by atomic mass is 15.3. The molecule has 0 saturated heterocycles. The summed E-state index contributed by atoms with van der Waals surface area (Å²) in [7, 11) is 1.96. The second-order valence-corrected chi connectivity index (χ2v) is 5.44. The Morgan fingerprint density at radius 3 is 2.76 bits per heavy atom. The number of benzene rings is 2. The number of nitrogens with two attached hydrogens (primary N) is 1. The first-order valence-electron chi connectivity index (χ1n) is 7.12. The number of aromatic nitrogens is 2. The maximum atomic E-state index is 5.79. The lowest BCUT2D eigenvalue weighted by molar-refractivity contribution is 0.532. The van der Waals surface area contributed by atoms with Gasteiger partial charge in [-0.2, -0.15) is 5.10 Å². The molecule has 0 aliphatic heterocycles. The molecule has 3 rings (SSSR count). The predicted molar refractivity (Wildman–Crippen MR) is 85.7 cm³/mol. The summed E-state index contributed by atoms with van der Waals surface area (Å²) >= 11 is 0. The van der Waals surface area contributed by atoms with E-state index >= 15 is 0 Å². The van der Waals surface area contributed by atoms with E-state index in [1.807, 2.05) is 23.9 Å². The van der Waals surface area contributed by atoms with Crippen LogP contribution in [-0.4, -0.2) is 9.78 Å². The minimum atomic E-state index is -0.00194. The predicted octanol–water partition coefficient (Wildman–Crippen LogP) is 2.63. The van der Waals surface area contributed by atoms with Gasteiger partial charge >= 0.3 is 0 Å². The van der Waals surface area contributed by atoms with Crippen LogP contribution in [0.1, 0.15) is 22.9 Å². The lowest BCUT2D eigenvalue weighted by Gasteiger charge is -2.14. The van der Waals surface area contributed by atoms with Gasteiger partial charge in [-0.3, -0.25) is 16.0 Å². The first-order valence-corrected chi connectivity index (χ1v) is 7.12. The monoisotopic (exact) mass is 280 g/mol. The second kappa shape index (κ2) is 5.68. The van der Waals surface area contributed by atoms with Crippen molar-refractivity contribution in [2.75, 3.05) is 0 Å². The molecule has 1 unspecified atom stereocenters. The summed E-state index contributed by atoms with van der Waals surface area (Å²) < 4.78 is 1.91. The Morgan fingerprint density at radius 1 is 1.19 bits per heavy atom. The van der Waals surface area contributed by atoms with Crippen LogP contribution in [0, 0.1) is 6.92 Å². The molecule has 3 N–H and O–H groups in total. The minimum absolute atomic E-state index is 0.00194. The van der Waals surface area contributed by atoms with E-state index in [1.54, 1.807) is 0 Å². The average molecular weight is 280 g/mol. The lowest BCUT2D eigenvalue weighted by atomic mass is 10.0. The molecule has 3 aromatic rings. The van der Waals surface area contributed by atoms with Crippen molar-refractivity contribution in [2.45, 2.75) is 19.4 Å². The zero-order valence-corrected chi connectivity index (χ0v) is 12.4. The van der Waals surface area contributed by atoms with Crippen molar-refractivity contribution in [2.24, 2.45) is 12.9 Å². The van der Waals surface area contributed by atoms with Crippen LogP contribution in [0.3, 0.4) is 0 Å². The molecule has 108 valence electrons. The third kappa shape index (κ3) is 2.68. The molecule has 0 radical (unpaired) electrons. The molecule has 21 heavy (non-hydrogen) atoms. The van der Waals surface area contributed by atoms with Gasteiger partial charge in [0.2, 0.25) is 0 Å². The molecule has 0 aliphatic rings. The van der Waals surface area contributed by atoms with Crippen molar-refractivity contribution in [1.82, 2.24) is 15.2 Å². The zero-order valence-electron chi connectivity index (χ0n) is 12.4. The van der Waals surface area contributed by atoms with Crippen molar-refractivity contribution in [3.63, 3.8) is 0 Å². The quantitative estimate of drug-likeness (QED) is 0.570. The number of hydrogen-bond acceptors (Lipinski definition) is 3. The van der Waals surface area contributed by atoms with Crippen LogP contribution in [0.25, 0.3) is 10.9 Å². The Kier molecular flexibility index (Phi) is 3.73. The van der Waals surface area contributed by atoms with Gasteiger partial charge in [-0.1, -0.05) is 48.0 Å². The summed E-state index contributed by atoms with van der Waals surface area (Å²) in [6, 6.07) is 16.7. The molecule has 0 saturated carbocycles. The van der Waals surface area contributed by atoms with Gasteiger partial charge in [-0.25, -0.2) is 0 Å². The fourth-order valence-electron chi connectivity index (χ4n) is 2.81. The van der Waals surface area contributed by atoms with Crippen molar-refractivity contribution in [3.05, 3.63) is 65.4 Å². The molecule has 0 spiro atoms. The van der Waals surface area contributed by atoms with E-state index in [2.05, 4.69) is 53.8 Å². The first-order chi connectivity index (χ1) is 10.2. The third-order valence-corrected chi connectivity index (χ3v) is 3.84. The van der Waals surface area contributed by atoms with Gasteiger partial charge in [0.05, 0.1) is 17.3 Å². The van der Waals surface area contributed by atoms with Crippen molar-refractivity contribution in [1.29, 1.82) is 0 Å². The Balaban J connectivity index is 1.99.